The fourth-order valence-corrected chi connectivity index (χ4v) is 4.11. The molecule has 0 fully saturated rings. The molecule has 30 heavy (non-hydrogen) atoms. The summed E-state index contributed by atoms with van der Waals surface area (Å²) < 4.78 is 0. The van der Waals surface area contributed by atoms with Gasteiger partial charge in [0.2, 0.25) is 5.91 Å². The molecule has 1 amide bonds. The predicted molar refractivity (Wildman–Crippen MR) is 132 cm³/mol. The van der Waals surface area contributed by atoms with Crippen molar-refractivity contribution in [3.05, 3.63) is 0 Å². The third kappa shape index (κ3) is 25.5. The van der Waals surface area contributed by atoms with Gasteiger partial charge in [0.25, 0.3) is 0 Å². The highest BCUT2D eigenvalue weighted by molar-refractivity contribution is 5.75. The first-order valence-electron chi connectivity index (χ1n) is 13.7. The summed E-state index contributed by atoms with van der Waals surface area (Å²) in [7, 11) is 0. The molecular weight excluding hydrogens is 370 g/mol. The van der Waals surface area contributed by atoms with Crippen molar-refractivity contribution >= 4 is 5.91 Å². The van der Waals surface area contributed by atoms with Crippen LogP contribution in [0, 0.1) is 0 Å². The Kier molecular flexibility index (Phi) is 26.0. The summed E-state index contributed by atoms with van der Waals surface area (Å²) in [5, 5.41) is 11.5. The minimum Gasteiger partial charge on any atom is -0.396 e. The van der Waals surface area contributed by atoms with Gasteiger partial charge in [0.15, 0.2) is 0 Å². The van der Waals surface area contributed by atoms with Crippen LogP contribution >= 0.6 is 0 Å². The van der Waals surface area contributed by atoms with Crippen LogP contribution in [0.2, 0.25) is 0 Å². The summed E-state index contributed by atoms with van der Waals surface area (Å²) in [4.78, 5) is 11.5. The van der Waals surface area contributed by atoms with Gasteiger partial charge in [0, 0.05) is 19.6 Å². The normalized spacial score (nSPS) is 11.1. The number of amides is 1. The lowest BCUT2D eigenvalue weighted by molar-refractivity contribution is -0.121. The Labute approximate surface area is 189 Å². The zero-order chi connectivity index (χ0) is 22.0. The molecule has 0 heterocycles. The van der Waals surface area contributed by atoms with Gasteiger partial charge >= 0.3 is 0 Å². The van der Waals surface area contributed by atoms with Gasteiger partial charge in [-0.1, -0.05) is 135 Å². The first kappa shape index (κ1) is 29.4. The number of rotatable bonds is 25. The van der Waals surface area contributed by atoms with E-state index in [-0.39, 0.29) is 12.5 Å². The Morgan fingerprint density at radius 2 is 0.867 bits per heavy atom. The van der Waals surface area contributed by atoms with Gasteiger partial charge in [0.1, 0.15) is 0 Å². The minimum atomic E-state index is 0.140. The van der Waals surface area contributed by atoms with Crippen LogP contribution in [-0.4, -0.2) is 24.2 Å². The maximum Gasteiger partial charge on any atom is 0.219 e. The van der Waals surface area contributed by atoms with E-state index in [1.54, 1.807) is 0 Å². The molecule has 0 aliphatic rings. The van der Waals surface area contributed by atoms with E-state index in [4.69, 9.17) is 5.11 Å². The van der Waals surface area contributed by atoms with E-state index >= 15 is 0 Å². The lowest BCUT2D eigenvalue weighted by Gasteiger charge is -2.05. The number of carbonyl (C=O) groups is 1. The van der Waals surface area contributed by atoms with E-state index in [1.165, 1.54) is 128 Å². The summed E-state index contributed by atoms with van der Waals surface area (Å²) in [6.07, 6.45) is 30.4. The van der Waals surface area contributed by atoms with Crippen LogP contribution in [0.1, 0.15) is 155 Å². The molecule has 0 saturated heterocycles. The van der Waals surface area contributed by atoms with Gasteiger partial charge in [-0.15, -0.1) is 0 Å². The van der Waals surface area contributed by atoms with E-state index in [1.807, 2.05) is 0 Å². The van der Waals surface area contributed by atoms with Crippen LogP contribution in [0.3, 0.4) is 0 Å². The fourth-order valence-electron chi connectivity index (χ4n) is 4.11. The number of aliphatic hydroxyl groups is 1. The molecule has 2 N–H and O–H groups in total. The molecule has 0 spiro atoms. The second-order valence-corrected chi connectivity index (χ2v) is 9.25. The number of carbonyl (C=O) groups excluding carboxylic acids is 1. The number of unbranched alkanes of at least 4 members (excludes halogenated alkanes) is 20. The van der Waals surface area contributed by atoms with Gasteiger partial charge in [-0.05, 0) is 12.8 Å². The number of nitrogens with one attached hydrogen (secondary N) is 1. The van der Waals surface area contributed by atoms with Crippen LogP contribution in [-0.2, 0) is 4.79 Å². The molecule has 0 aliphatic carbocycles. The average molecular weight is 426 g/mol. The maximum absolute atomic E-state index is 11.5. The predicted octanol–water partition coefficient (Wildman–Crippen LogP) is 8.09. The maximum atomic E-state index is 11.5. The molecule has 0 aromatic heterocycles. The SMILES string of the molecule is CCCCCCCCCCCCCCCCCCCCCCCC(=O)NCCCO. The Morgan fingerprint density at radius 1 is 0.533 bits per heavy atom. The molecular formula is C27H55NO2. The number of hydrogen-bond acceptors (Lipinski definition) is 2. The summed E-state index contributed by atoms with van der Waals surface area (Å²) >= 11 is 0. The van der Waals surface area contributed by atoms with Crippen molar-refractivity contribution in [2.75, 3.05) is 13.2 Å². The van der Waals surface area contributed by atoms with Crippen molar-refractivity contribution in [2.24, 2.45) is 0 Å². The summed E-state index contributed by atoms with van der Waals surface area (Å²) in [6, 6.07) is 0. The molecule has 3 heteroatoms. The topological polar surface area (TPSA) is 49.3 Å². The van der Waals surface area contributed by atoms with Gasteiger partial charge < -0.3 is 10.4 Å². The van der Waals surface area contributed by atoms with E-state index in [2.05, 4.69) is 12.2 Å². The van der Waals surface area contributed by atoms with E-state index in [9.17, 15) is 4.79 Å². The molecule has 0 saturated carbocycles. The standard InChI is InChI=1S/C27H55NO2/c1-2-3-4-5-6-7-8-9-10-11-12-13-14-15-16-17-18-19-20-21-22-24-27(30)28-25-23-26-29/h29H,2-26H2,1H3,(H,28,30). The van der Waals surface area contributed by atoms with Crippen molar-refractivity contribution < 1.29 is 9.90 Å². The molecule has 0 aliphatic heterocycles. The van der Waals surface area contributed by atoms with Crippen molar-refractivity contribution in [3.8, 4) is 0 Å². The van der Waals surface area contributed by atoms with Crippen LogP contribution in [0.25, 0.3) is 0 Å². The Morgan fingerprint density at radius 3 is 1.20 bits per heavy atom. The van der Waals surface area contributed by atoms with E-state index in [0.717, 1.165) is 6.42 Å². The van der Waals surface area contributed by atoms with Gasteiger partial charge in [0.05, 0.1) is 0 Å². The van der Waals surface area contributed by atoms with Gasteiger partial charge in [-0.25, -0.2) is 0 Å². The molecule has 0 atom stereocenters. The fraction of sp³-hybridized carbons (Fsp3) is 0.963. The second-order valence-electron chi connectivity index (χ2n) is 9.25. The Bertz CT molecular complexity index is 333. The minimum absolute atomic E-state index is 0.140. The van der Waals surface area contributed by atoms with Crippen molar-refractivity contribution in [2.45, 2.75) is 155 Å². The Hall–Kier alpha value is -0.570. The van der Waals surface area contributed by atoms with Crippen LogP contribution in [0.5, 0.6) is 0 Å². The summed E-state index contributed by atoms with van der Waals surface area (Å²) in [5.74, 6) is 0.140. The lowest BCUT2D eigenvalue weighted by atomic mass is 10.0. The van der Waals surface area contributed by atoms with E-state index in [0.29, 0.717) is 19.4 Å². The highest BCUT2D eigenvalue weighted by Gasteiger charge is 2.00. The highest BCUT2D eigenvalue weighted by Crippen LogP contribution is 2.15. The van der Waals surface area contributed by atoms with Crippen LogP contribution < -0.4 is 5.32 Å². The number of aliphatic hydroxyl groups excluding tert-OH is 1. The molecule has 180 valence electrons. The average Bonchev–Trinajstić information content (AvgIpc) is 2.75. The second kappa shape index (κ2) is 26.5. The van der Waals surface area contributed by atoms with Crippen molar-refractivity contribution in [1.29, 1.82) is 0 Å². The van der Waals surface area contributed by atoms with Gasteiger partial charge in [-0.3, -0.25) is 4.79 Å². The summed E-state index contributed by atoms with van der Waals surface area (Å²) in [6.45, 7) is 3.05. The monoisotopic (exact) mass is 425 g/mol. The third-order valence-electron chi connectivity index (χ3n) is 6.16. The first-order valence-corrected chi connectivity index (χ1v) is 13.7. The quantitative estimate of drug-likeness (QED) is 0.145. The molecule has 0 rings (SSSR count). The zero-order valence-corrected chi connectivity index (χ0v) is 20.5. The molecule has 3 nitrogen and oxygen atoms in total. The third-order valence-corrected chi connectivity index (χ3v) is 6.16. The molecule has 0 aromatic carbocycles. The Balaban J connectivity index is 3.06. The highest BCUT2D eigenvalue weighted by atomic mass is 16.3. The zero-order valence-electron chi connectivity index (χ0n) is 20.5. The number of hydrogen-bond donors (Lipinski definition) is 2. The molecule has 0 bridgehead atoms. The first-order chi connectivity index (χ1) is 14.8. The molecule has 0 unspecified atom stereocenters. The molecule has 0 radical (unpaired) electrons. The largest absolute Gasteiger partial charge is 0.396 e. The van der Waals surface area contributed by atoms with Crippen molar-refractivity contribution in [1.82, 2.24) is 5.32 Å². The smallest absolute Gasteiger partial charge is 0.219 e. The summed E-state index contributed by atoms with van der Waals surface area (Å²) in [5.41, 5.74) is 0. The van der Waals surface area contributed by atoms with E-state index < -0.39 is 0 Å². The molecule has 0 aromatic rings. The van der Waals surface area contributed by atoms with Crippen LogP contribution in [0.15, 0.2) is 0 Å². The van der Waals surface area contributed by atoms with Crippen LogP contribution in [0.4, 0.5) is 0 Å². The van der Waals surface area contributed by atoms with Gasteiger partial charge in [-0.2, -0.15) is 0 Å². The van der Waals surface area contributed by atoms with Crippen molar-refractivity contribution in [3.63, 3.8) is 0 Å². The lowest BCUT2D eigenvalue weighted by Crippen LogP contribution is -2.24.